The molecule has 1 atom stereocenters. The maximum Gasteiger partial charge on any atom is 0.323 e. The Bertz CT molecular complexity index is 426. The van der Waals surface area contributed by atoms with Gasteiger partial charge in [-0.05, 0) is 24.6 Å². The van der Waals surface area contributed by atoms with Gasteiger partial charge in [-0.1, -0.05) is 12.1 Å². The summed E-state index contributed by atoms with van der Waals surface area (Å²) in [4.78, 5) is 10.9. The molecule has 0 heterocycles. The number of hydrogen-bond acceptors (Lipinski definition) is 3. The largest absolute Gasteiger partial charge is 0.480 e. The highest BCUT2D eigenvalue weighted by molar-refractivity contribution is 5.89. The minimum absolute atomic E-state index is 0.146. The number of hydrogen-bond donors (Lipinski definition) is 5. The Hall–Kier alpha value is -2.08. The quantitative estimate of drug-likeness (QED) is 0.380. The van der Waals surface area contributed by atoms with E-state index in [1.54, 1.807) is 24.3 Å². The summed E-state index contributed by atoms with van der Waals surface area (Å²) in [5.41, 5.74) is 11.0. The van der Waals surface area contributed by atoms with Gasteiger partial charge in [0.25, 0.3) is 0 Å². The fourth-order valence-corrected chi connectivity index (χ4v) is 1.36. The van der Waals surface area contributed by atoms with Gasteiger partial charge in [-0.2, -0.15) is 0 Å². The van der Waals surface area contributed by atoms with Gasteiger partial charge in [0, 0.05) is 12.1 Å². The van der Waals surface area contributed by atoms with E-state index in [4.69, 9.17) is 22.0 Å². The molecule has 1 rings (SSSR count). The third-order valence-electron chi connectivity index (χ3n) is 2.29. The zero-order valence-corrected chi connectivity index (χ0v) is 9.53. The zero-order valence-electron chi connectivity index (χ0n) is 9.53. The van der Waals surface area contributed by atoms with Crippen molar-refractivity contribution in [3.8, 4) is 0 Å². The molecule has 0 aliphatic carbocycles. The summed E-state index contributed by atoms with van der Waals surface area (Å²) in [6.07, 6.45) is 0.239. The van der Waals surface area contributed by atoms with Crippen LogP contribution in [0.3, 0.4) is 0 Å². The first-order valence-corrected chi connectivity index (χ1v) is 5.03. The summed E-state index contributed by atoms with van der Waals surface area (Å²) in [5.74, 6) is -1.18. The van der Waals surface area contributed by atoms with Crippen molar-refractivity contribution >= 4 is 17.6 Å². The molecule has 0 radical (unpaired) electrons. The third-order valence-corrected chi connectivity index (χ3v) is 2.29. The Morgan fingerprint density at radius 3 is 2.41 bits per heavy atom. The van der Waals surface area contributed by atoms with Gasteiger partial charge in [0.1, 0.15) is 5.54 Å². The maximum atomic E-state index is 10.9. The van der Waals surface area contributed by atoms with E-state index in [1.807, 2.05) is 0 Å². The highest BCUT2D eigenvalue weighted by Gasteiger charge is 2.27. The maximum absolute atomic E-state index is 10.9. The second kappa shape index (κ2) is 4.84. The van der Waals surface area contributed by atoms with Crippen LogP contribution in [0.1, 0.15) is 12.5 Å². The van der Waals surface area contributed by atoms with Crippen molar-refractivity contribution in [3.05, 3.63) is 29.8 Å². The number of benzene rings is 1. The Morgan fingerprint density at radius 1 is 1.47 bits per heavy atom. The second-order valence-corrected chi connectivity index (χ2v) is 4.13. The number of aliphatic carboxylic acids is 1. The van der Waals surface area contributed by atoms with Gasteiger partial charge in [-0.25, -0.2) is 0 Å². The van der Waals surface area contributed by atoms with Crippen LogP contribution in [0.2, 0.25) is 0 Å². The number of guanidine groups is 1. The fraction of sp³-hybridized carbons (Fsp3) is 0.273. The van der Waals surface area contributed by atoms with Gasteiger partial charge in [0.15, 0.2) is 5.96 Å². The third kappa shape index (κ3) is 3.76. The summed E-state index contributed by atoms with van der Waals surface area (Å²) >= 11 is 0. The van der Waals surface area contributed by atoms with Crippen LogP contribution in [0.15, 0.2) is 24.3 Å². The predicted molar refractivity (Wildman–Crippen MR) is 65.9 cm³/mol. The number of nitrogens with one attached hydrogen (secondary N) is 2. The van der Waals surface area contributed by atoms with Crippen LogP contribution >= 0.6 is 0 Å². The first-order valence-electron chi connectivity index (χ1n) is 5.03. The molecule has 0 aliphatic rings. The Kier molecular flexibility index (Phi) is 3.69. The number of anilines is 1. The van der Waals surface area contributed by atoms with E-state index in [0.29, 0.717) is 5.69 Å². The molecule has 6 heteroatoms. The van der Waals surface area contributed by atoms with Crippen LogP contribution in [-0.2, 0) is 11.2 Å². The highest BCUT2D eigenvalue weighted by Crippen LogP contribution is 2.14. The Labute approximate surface area is 99.1 Å². The van der Waals surface area contributed by atoms with Crippen molar-refractivity contribution in [2.75, 3.05) is 5.32 Å². The molecule has 6 nitrogen and oxygen atoms in total. The molecule has 0 saturated heterocycles. The number of carboxylic acids is 1. The topological polar surface area (TPSA) is 125 Å². The lowest BCUT2D eigenvalue weighted by Gasteiger charge is -2.19. The number of carbonyl (C=O) groups is 1. The minimum atomic E-state index is -1.28. The van der Waals surface area contributed by atoms with Crippen molar-refractivity contribution in [3.63, 3.8) is 0 Å². The van der Waals surface area contributed by atoms with Crippen LogP contribution in [0.25, 0.3) is 0 Å². The molecule has 17 heavy (non-hydrogen) atoms. The number of carboxylic acid groups (broad SMARTS) is 1. The molecule has 0 aliphatic heterocycles. The Morgan fingerprint density at radius 2 is 2.00 bits per heavy atom. The van der Waals surface area contributed by atoms with E-state index in [2.05, 4.69) is 5.32 Å². The summed E-state index contributed by atoms with van der Waals surface area (Å²) in [7, 11) is 0. The lowest BCUT2D eigenvalue weighted by Crippen LogP contribution is -2.46. The van der Waals surface area contributed by atoms with Crippen molar-refractivity contribution < 1.29 is 9.90 Å². The van der Waals surface area contributed by atoms with Crippen molar-refractivity contribution in [1.82, 2.24) is 0 Å². The predicted octanol–water partition coefficient (Wildman–Crippen LogP) is 0.336. The molecule has 1 aromatic carbocycles. The van der Waals surface area contributed by atoms with Gasteiger partial charge in [-0.15, -0.1) is 0 Å². The van der Waals surface area contributed by atoms with Gasteiger partial charge in [-0.3, -0.25) is 10.2 Å². The lowest BCUT2D eigenvalue weighted by molar-refractivity contribution is -0.142. The molecule has 7 N–H and O–H groups in total. The van der Waals surface area contributed by atoms with E-state index in [1.165, 1.54) is 6.92 Å². The van der Waals surface area contributed by atoms with Crippen molar-refractivity contribution in [2.45, 2.75) is 18.9 Å². The van der Waals surface area contributed by atoms with Crippen LogP contribution in [-0.4, -0.2) is 22.6 Å². The van der Waals surface area contributed by atoms with Crippen molar-refractivity contribution in [1.29, 1.82) is 5.41 Å². The molecule has 0 amide bonds. The van der Waals surface area contributed by atoms with E-state index in [-0.39, 0.29) is 12.4 Å². The summed E-state index contributed by atoms with van der Waals surface area (Å²) in [6, 6.07) is 6.93. The minimum Gasteiger partial charge on any atom is -0.480 e. The van der Waals surface area contributed by atoms with Gasteiger partial charge < -0.3 is 21.9 Å². The van der Waals surface area contributed by atoms with Crippen molar-refractivity contribution in [2.24, 2.45) is 11.5 Å². The van der Waals surface area contributed by atoms with Gasteiger partial charge in [0.2, 0.25) is 0 Å². The monoisotopic (exact) mass is 236 g/mol. The first-order chi connectivity index (χ1) is 7.81. The van der Waals surface area contributed by atoms with E-state index in [0.717, 1.165) is 5.56 Å². The standard InChI is InChI=1S/C11H16N4O2/c1-11(14,9(16)17)6-7-2-4-8(5-3-7)15-10(12)13/h2-5H,6,14H2,1H3,(H,16,17)(H4,12,13,15). The molecular formula is C11H16N4O2. The zero-order chi connectivity index (χ0) is 13.1. The molecule has 0 saturated carbocycles. The normalized spacial score (nSPS) is 13.8. The Balaban J connectivity index is 2.75. The van der Waals surface area contributed by atoms with Crippen LogP contribution < -0.4 is 16.8 Å². The highest BCUT2D eigenvalue weighted by atomic mass is 16.4. The second-order valence-electron chi connectivity index (χ2n) is 4.13. The number of nitrogens with two attached hydrogens (primary N) is 2. The molecular weight excluding hydrogens is 220 g/mol. The smallest absolute Gasteiger partial charge is 0.323 e. The molecule has 0 aromatic heterocycles. The van der Waals surface area contributed by atoms with Crippen LogP contribution in [0.4, 0.5) is 5.69 Å². The lowest BCUT2D eigenvalue weighted by atomic mass is 9.94. The molecule has 0 spiro atoms. The summed E-state index contributed by atoms with van der Waals surface area (Å²) in [5, 5.41) is 18.6. The van der Waals surface area contributed by atoms with E-state index in [9.17, 15) is 4.79 Å². The van der Waals surface area contributed by atoms with E-state index >= 15 is 0 Å². The molecule has 0 fully saturated rings. The summed E-state index contributed by atoms with van der Waals surface area (Å²) in [6.45, 7) is 1.47. The first kappa shape index (κ1) is 13.0. The van der Waals surface area contributed by atoms with Crippen LogP contribution in [0, 0.1) is 5.41 Å². The molecule has 1 unspecified atom stereocenters. The van der Waals surface area contributed by atoms with E-state index < -0.39 is 11.5 Å². The number of rotatable bonds is 4. The fourth-order valence-electron chi connectivity index (χ4n) is 1.36. The molecule has 92 valence electrons. The molecule has 1 aromatic rings. The SMILES string of the molecule is CC(N)(Cc1ccc(NC(=N)N)cc1)C(=O)O. The van der Waals surface area contributed by atoms with Gasteiger partial charge in [0.05, 0.1) is 0 Å². The average molecular weight is 236 g/mol. The molecule has 0 bridgehead atoms. The average Bonchev–Trinajstić information content (AvgIpc) is 2.19. The summed E-state index contributed by atoms with van der Waals surface area (Å²) < 4.78 is 0. The van der Waals surface area contributed by atoms with Crippen LogP contribution in [0.5, 0.6) is 0 Å². The van der Waals surface area contributed by atoms with Gasteiger partial charge >= 0.3 is 5.97 Å².